The van der Waals surface area contributed by atoms with Gasteiger partial charge < -0.3 is 19.3 Å². The smallest absolute Gasteiger partial charge is 0.254 e. The van der Waals surface area contributed by atoms with Gasteiger partial charge in [0.15, 0.2) is 17.1 Å². The van der Waals surface area contributed by atoms with Gasteiger partial charge in [-0.05, 0) is 44.0 Å². The molecule has 182 valence electrons. The summed E-state index contributed by atoms with van der Waals surface area (Å²) in [5, 5.41) is 13.5. The van der Waals surface area contributed by atoms with Gasteiger partial charge in [-0.2, -0.15) is 10.4 Å². The van der Waals surface area contributed by atoms with Crippen molar-refractivity contribution in [2.45, 2.75) is 26.7 Å². The van der Waals surface area contributed by atoms with E-state index in [1.54, 1.807) is 39.6 Å². The van der Waals surface area contributed by atoms with Crippen LogP contribution in [0, 0.1) is 25.2 Å². The van der Waals surface area contributed by atoms with Gasteiger partial charge >= 0.3 is 0 Å². The number of hydrogen-bond acceptors (Lipinski definition) is 7. The quantitative estimate of drug-likeness (QED) is 0.536. The van der Waals surface area contributed by atoms with E-state index in [0.717, 1.165) is 17.0 Å². The molecule has 0 unspecified atom stereocenters. The topological polar surface area (TPSA) is 113 Å². The minimum Gasteiger partial charge on any atom is -0.493 e. The second-order valence-electron chi connectivity index (χ2n) is 8.41. The predicted octanol–water partition coefficient (Wildman–Crippen LogP) is 2.15. The molecule has 1 saturated heterocycles. The zero-order chi connectivity index (χ0) is 25.1. The molecule has 1 aliphatic heterocycles. The summed E-state index contributed by atoms with van der Waals surface area (Å²) in [4.78, 5) is 34.0. The monoisotopic (exact) mass is 476 g/mol. The third kappa shape index (κ3) is 4.62. The van der Waals surface area contributed by atoms with Crippen LogP contribution in [-0.2, 0) is 11.2 Å². The summed E-state index contributed by atoms with van der Waals surface area (Å²) in [5.74, 6) is 1.02. The number of methoxy groups -OCH3 is 2. The van der Waals surface area contributed by atoms with Crippen molar-refractivity contribution in [3.05, 3.63) is 52.5 Å². The lowest BCUT2D eigenvalue weighted by Gasteiger charge is -2.35. The molecule has 10 heteroatoms. The highest BCUT2D eigenvalue weighted by molar-refractivity contribution is 5.95. The Bertz CT molecular complexity index is 1320. The molecule has 3 heterocycles. The highest BCUT2D eigenvalue weighted by Crippen LogP contribution is 2.28. The molecule has 0 radical (unpaired) electrons. The van der Waals surface area contributed by atoms with Crippen molar-refractivity contribution in [3.8, 4) is 17.6 Å². The van der Waals surface area contributed by atoms with Crippen LogP contribution in [0.3, 0.4) is 0 Å². The number of amides is 2. The van der Waals surface area contributed by atoms with Crippen LogP contribution in [-0.4, -0.2) is 76.6 Å². The van der Waals surface area contributed by atoms with E-state index in [-0.39, 0.29) is 11.8 Å². The Morgan fingerprint density at radius 3 is 2.40 bits per heavy atom. The molecule has 35 heavy (non-hydrogen) atoms. The Hall–Kier alpha value is -4.13. The van der Waals surface area contributed by atoms with Crippen molar-refractivity contribution in [2.75, 3.05) is 40.4 Å². The van der Waals surface area contributed by atoms with Gasteiger partial charge in [-0.15, -0.1) is 0 Å². The van der Waals surface area contributed by atoms with Crippen molar-refractivity contribution < 1.29 is 19.1 Å². The first-order valence-electron chi connectivity index (χ1n) is 11.4. The van der Waals surface area contributed by atoms with Crippen LogP contribution in [0.4, 0.5) is 0 Å². The maximum atomic E-state index is 13.0. The Balaban J connectivity index is 1.36. The van der Waals surface area contributed by atoms with Crippen molar-refractivity contribution >= 4 is 17.5 Å². The number of benzene rings is 1. The third-order valence-corrected chi connectivity index (χ3v) is 6.47. The molecule has 2 amide bonds. The van der Waals surface area contributed by atoms with Gasteiger partial charge in [0.05, 0.1) is 20.4 Å². The fraction of sp³-hybridized carbons (Fsp3) is 0.400. The van der Waals surface area contributed by atoms with Crippen LogP contribution in [0.5, 0.6) is 11.5 Å². The van der Waals surface area contributed by atoms with E-state index in [4.69, 9.17) is 9.47 Å². The number of ether oxygens (including phenoxy) is 2. The number of nitrogens with zero attached hydrogens (tertiary/aromatic N) is 6. The third-order valence-electron chi connectivity index (χ3n) is 6.47. The molecular weight excluding hydrogens is 448 g/mol. The summed E-state index contributed by atoms with van der Waals surface area (Å²) < 4.78 is 12.2. The zero-order valence-electron chi connectivity index (χ0n) is 20.4. The summed E-state index contributed by atoms with van der Waals surface area (Å²) in [6.07, 6.45) is 2.38. The first-order valence-corrected chi connectivity index (χ1v) is 11.4. The van der Waals surface area contributed by atoms with Gasteiger partial charge in [0.25, 0.3) is 5.91 Å². The van der Waals surface area contributed by atoms with E-state index in [2.05, 4.69) is 16.2 Å². The highest BCUT2D eigenvalue weighted by atomic mass is 16.5. The number of piperazine rings is 1. The number of hydrogen-bond donors (Lipinski definition) is 0. The summed E-state index contributed by atoms with van der Waals surface area (Å²) >= 11 is 0. The number of carbonyl (C=O) groups excluding carboxylic acids is 2. The number of fused-ring (bicyclic) bond motifs is 1. The molecule has 10 nitrogen and oxygen atoms in total. The average molecular weight is 477 g/mol. The number of aromatic nitrogens is 3. The van der Waals surface area contributed by atoms with Crippen molar-refractivity contribution in [3.63, 3.8) is 0 Å². The van der Waals surface area contributed by atoms with Crippen molar-refractivity contribution in [2.24, 2.45) is 0 Å². The molecule has 1 fully saturated rings. The summed E-state index contributed by atoms with van der Waals surface area (Å²) in [5.41, 5.74) is 4.12. The van der Waals surface area contributed by atoms with Gasteiger partial charge in [0.1, 0.15) is 11.6 Å². The van der Waals surface area contributed by atoms with E-state index in [9.17, 15) is 14.9 Å². The summed E-state index contributed by atoms with van der Waals surface area (Å²) in [6, 6.07) is 7.21. The Labute approximate surface area is 203 Å². The van der Waals surface area contributed by atoms with Crippen molar-refractivity contribution in [1.82, 2.24) is 24.4 Å². The predicted molar refractivity (Wildman–Crippen MR) is 128 cm³/mol. The summed E-state index contributed by atoms with van der Waals surface area (Å²) in [7, 11) is 3.08. The lowest BCUT2D eigenvalue weighted by atomic mass is 10.1. The largest absolute Gasteiger partial charge is 0.493 e. The number of carbonyl (C=O) groups is 2. The number of rotatable bonds is 6. The SMILES string of the molecule is COc1ccc(C(=O)N2CCN(C(=O)CCc3c(C)nc4c(C#N)cnn4c3C)CC2)cc1OC. The van der Waals surface area contributed by atoms with E-state index in [0.29, 0.717) is 67.3 Å². The lowest BCUT2D eigenvalue weighted by molar-refractivity contribution is -0.132. The van der Waals surface area contributed by atoms with Crippen LogP contribution in [0.25, 0.3) is 5.65 Å². The first-order chi connectivity index (χ1) is 16.9. The zero-order valence-corrected chi connectivity index (χ0v) is 20.4. The Morgan fingerprint density at radius 2 is 1.74 bits per heavy atom. The van der Waals surface area contributed by atoms with E-state index >= 15 is 0 Å². The molecule has 3 aromatic rings. The van der Waals surface area contributed by atoms with Crippen LogP contribution < -0.4 is 9.47 Å². The van der Waals surface area contributed by atoms with Gasteiger partial charge in [0.2, 0.25) is 5.91 Å². The maximum absolute atomic E-state index is 13.0. The van der Waals surface area contributed by atoms with E-state index < -0.39 is 0 Å². The summed E-state index contributed by atoms with van der Waals surface area (Å²) in [6.45, 7) is 5.71. The molecule has 1 aromatic carbocycles. The Kier molecular flexibility index (Phi) is 6.87. The second kappa shape index (κ2) is 10.0. The molecule has 0 atom stereocenters. The molecule has 0 saturated carbocycles. The van der Waals surface area contributed by atoms with Crippen LogP contribution in [0.1, 0.15) is 39.3 Å². The van der Waals surface area contributed by atoms with Gasteiger partial charge in [0, 0.05) is 49.6 Å². The Morgan fingerprint density at radius 1 is 1.06 bits per heavy atom. The van der Waals surface area contributed by atoms with Gasteiger partial charge in [-0.1, -0.05) is 0 Å². The average Bonchev–Trinajstić information content (AvgIpc) is 3.30. The standard InChI is InChI=1S/C25H28N6O4/c1-16-20(17(2)31-24(28-16)19(14-26)15-27-31)6-8-23(32)29-9-11-30(12-10-29)25(33)18-5-7-21(34-3)22(13-18)35-4/h5,7,13,15H,6,8-12H2,1-4H3. The van der Waals surface area contributed by atoms with Crippen LogP contribution >= 0.6 is 0 Å². The van der Waals surface area contributed by atoms with Crippen LogP contribution in [0.15, 0.2) is 24.4 Å². The fourth-order valence-electron chi connectivity index (χ4n) is 4.45. The second-order valence-corrected chi connectivity index (χ2v) is 8.41. The van der Waals surface area contributed by atoms with Gasteiger partial charge in [-0.3, -0.25) is 9.59 Å². The first kappa shape index (κ1) is 24.0. The lowest BCUT2D eigenvalue weighted by Crippen LogP contribution is -2.50. The maximum Gasteiger partial charge on any atom is 0.254 e. The molecule has 4 rings (SSSR count). The molecule has 0 bridgehead atoms. The van der Waals surface area contributed by atoms with E-state index in [1.807, 2.05) is 13.8 Å². The molecule has 2 aromatic heterocycles. The number of aryl methyl sites for hydroxylation is 2. The molecule has 1 aliphatic rings. The fourth-order valence-corrected chi connectivity index (χ4v) is 4.45. The van der Waals surface area contributed by atoms with Crippen molar-refractivity contribution in [1.29, 1.82) is 5.26 Å². The molecule has 0 spiro atoms. The van der Waals surface area contributed by atoms with Crippen LogP contribution in [0.2, 0.25) is 0 Å². The van der Waals surface area contributed by atoms with Gasteiger partial charge in [-0.25, -0.2) is 9.50 Å². The number of nitriles is 1. The molecule has 0 aliphatic carbocycles. The normalized spacial score (nSPS) is 13.6. The minimum atomic E-state index is -0.0976. The minimum absolute atomic E-state index is 0.0419. The molecular formula is C25H28N6O4. The van der Waals surface area contributed by atoms with E-state index in [1.165, 1.54) is 13.3 Å². The highest BCUT2D eigenvalue weighted by Gasteiger charge is 2.26. The molecule has 0 N–H and O–H groups in total.